The van der Waals surface area contributed by atoms with Gasteiger partial charge in [-0.15, -0.1) is 7.17 Å². The van der Waals surface area contributed by atoms with Crippen LogP contribution in [0.25, 0.3) is 10.8 Å². The Morgan fingerprint density at radius 3 is 2.42 bits per heavy atom. The van der Waals surface area contributed by atoms with Crippen LogP contribution in [0.4, 0.5) is 0 Å². The minimum Gasteiger partial charge on any atom is -0.120 e. The first kappa shape index (κ1) is 11.3. The van der Waals surface area contributed by atoms with Gasteiger partial charge in [0.05, 0.1) is 0 Å². The van der Waals surface area contributed by atoms with Crippen LogP contribution in [0.2, 0.25) is 0 Å². The van der Waals surface area contributed by atoms with Crippen molar-refractivity contribution in [1.82, 2.24) is 0 Å². The van der Waals surface area contributed by atoms with Gasteiger partial charge in [-0.2, -0.15) is 0 Å². The Balaban J connectivity index is 2.17. The van der Waals surface area contributed by atoms with Gasteiger partial charge in [-0.05, 0) is 52.1 Å². The van der Waals surface area contributed by atoms with Crippen molar-refractivity contribution in [2.75, 3.05) is 6.66 Å². The molecule has 19 heavy (non-hydrogen) atoms. The van der Waals surface area contributed by atoms with Gasteiger partial charge >= 0.3 is 0 Å². The van der Waals surface area contributed by atoms with Crippen molar-refractivity contribution in [3.63, 3.8) is 0 Å². The highest BCUT2D eigenvalue weighted by atomic mass is 31.1. The maximum atomic E-state index is 2.40. The molecule has 0 bridgehead atoms. The number of allylic oxidation sites excluding steroid dienone is 2. The highest BCUT2D eigenvalue weighted by Gasteiger charge is 2.39. The third-order valence-electron chi connectivity index (χ3n) is 4.56. The first-order valence-corrected chi connectivity index (χ1v) is 8.64. The lowest BCUT2D eigenvalue weighted by molar-refractivity contribution is 0.665. The molecule has 0 saturated heterocycles. The molecule has 0 saturated carbocycles. The van der Waals surface area contributed by atoms with Crippen LogP contribution < -0.4 is 0 Å². The summed E-state index contributed by atoms with van der Waals surface area (Å²) >= 11 is 0. The van der Waals surface area contributed by atoms with Crippen molar-refractivity contribution in [3.05, 3.63) is 59.2 Å². The van der Waals surface area contributed by atoms with Gasteiger partial charge in [-0.1, -0.05) is 44.2 Å². The maximum absolute atomic E-state index is 2.40. The molecule has 1 atom stereocenters. The van der Waals surface area contributed by atoms with E-state index in [4.69, 9.17) is 0 Å². The molecule has 0 fully saturated rings. The first-order valence-electron chi connectivity index (χ1n) is 6.78. The van der Waals surface area contributed by atoms with E-state index in [1.165, 1.54) is 21.9 Å². The standard InChI is InChI=1S/C18H17P/c1-18(2)15-8-9-19(3)17(15)14-10-12-6-4-5-7-13(12)11-16(14)18/h4-11H,1-3H3. The molecular formula is C18H17P. The van der Waals surface area contributed by atoms with Crippen molar-refractivity contribution in [2.45, 2.75) is 19.3 Å². The summed E-state index contributed by atoms with van der Waals surface area (Å²) in [5.74, 6) is 2.40. The molecule has 2 aromatic carbocycles. The summed E-state index contributed by atoms with van der Waals surface area (Å²) in [6.45, 7) is 7.10. The Bertz CT molecular complexity index is 841. The van der Waals surface area contributed by atoms with Gasteiger partial charge in [0, 0.05) is 10.7 Å². The van der Waals surface area contributed by atoms with Crippen molar-refractivity contribution in [2.24, 2.45) is 0 Å². The predicted molar refractivity (Wildman–Crippen MR) is 88.1 cm³/mol. The summed E-state index contributed by atoms with van der Waals surface area (Å²) in [6, 6.07) is 13.5. The lowest BCUT2D eigenvalue weighted by Gasteiger charge is -2.21. The second-order valence-corrected chi connectivity index (χ2v) is 8.03. The molecule has 2 aromatic rings. The Hall–Kier alpha value is -1.52. The fourth-order valence-corrected chi connectivity index (χ4v) is 5.29. The van der Waals surface area contributed by atoms with E-state index >= 15 is 0 Å². The van der Waals surface area contributed by atoms with Gasteiger partial charge < -0.3 is 0 Å². The van der Waals surface area contributed by atoms with E-state index < -0.39 is 0 Å². The zero-order valence-electron chi connectivity index (χ0n) is 11.6. The summed E-state index contributed by atoms with van der Waals surface area (Å²) < 4.78 is 0. The molecule has 0 nitrogen and oxygen atoms in total. The lowest BCUT2D eigenvalue weighted by Crippen LogP contribution is -2.16. The Morgan fingerprint density at radius 1 is 1.00 bits per heavy atom. The van der Waals surface area contributed by atoms with Crippen molar-refractivity contribution in [1.29, 1.82) is 0 Å². The van der Waals surface area contributed by atoms with Crippen molar-refractivity contribution in [3.8, 4) is 0 Å². The minimum atomic E-state index is -0.107. The molecule has 1 heteroatoms. The van der Waals surface area contributed by atoms with Gasteiger partial charge in [0.2, 0.25) is 0 Å². The smallest absolute Gasteiger partial charge is 0.0162 e. The van der Waals surface area contributed by atoms with E-state index in [0.717, 1.165) is 0 Å². The topological polar surface area (TPSA) is 0 Å². The van der Waals surface area contributed by atoms with E-state index in [1.54, 1.807) is 10.9 Å². The second-order valence-electron chi connectivity index (χ2n) is 6.06. The summed E-state index contributed by atoms with van der Waals surface area (Å²) in [4.78, 5) is 0. The van der Waals surface area contributed by atoms with Crippen molar-refractivity contribution < 1.29 is 0 Å². The average Bonchev–Trinajstić information content (AvgIpc) is 2.88. The Kier molecular flexibility index (Phi) is 2.10. The average molecular weight is 264 g/mol. The van der Waals surface area contributed by atoms with Crippen LogP contribution in [-0.4, -0.2) is 17.8 Å². The molecule has 1 aliphatic carbocycles. The summed E-state index contributed by atoms with van der Waals surface area (Å²) in [5.41, 5.74) is 4.72. The number of benzene rings is 2. The van der Waals surface area contributed by atoms with Gasteiger partial charge in [-0.3, -0.25) is 0 Å². The van der Waals surface area contributed by atoms with Crippen LogP contribution in [0.1, 0.15) is 25.0 Å². The highest BCUT2D eigenvalue weighted by Crippen LogP contribution is 2.48. The van der Waals surface area contributed by atoms with E-state index in [-0.39, 0.29) is 12.6 Å². The maximum Gasteiger partial charge on any atom is 0.0162 e. The van der Waals surface area contributed by atoms with Crippen LogP contribution in [0.15, 0.2) is 48.0 Å². The second kappa shape index (κ2) is 3.52. The Labute approximate surface area is 114 Å². The third-order valence-corrected chi connectivity index (χ3v) is 6.34. The summed E-state index contributed by atoms with van der Waals surface area (Å²) in [6.07, 6.45) is 2.37. The minimum absolute atomic E-state index is 0.107. The third kappa shape index (κ3) is 1.36. The first-order chi connectivity index (χ1) is 9.09. The van der Waals surface area contributed by atoms with Gasteiger partial charge in [0.15, 0.2) is 0 Å². The van der Waals surface area contributed by atoms with E-state index in [0.29, 0.717) is 0 Å². The fraction of sp³-hybridized carbons (Fsp3) is 0.222. The molecule has 1 unspecified atom stereocenters. The van der Waals surface area contributed by atoms with Gasteiger partial charge in [0.25, 0.3) is 0 Å². The molecule has 94 valence electrons. The molecule has 0 spiro atoms. The zero-order valence-corrected chi connectivity index (χ0v) is 12.5. The molecule has 0 aromatic heterocycles. The van der Waals surface area contributed by atoms with E-state index in [1.807, 2.05) is 0 Å². The van der Waals surface area contributed by atoms with Crippen LogP contribution in [0.5, 0.6) is 0 Å². The van der Waals surface area contributed by atoms with Crippen LogP contribution in [0.3, 0.4) is 0 Å². The molecular weight excluding hydrogens is 247 g/mol. The molecule has 0 amide bonds. The molecule has 2 aliphatic rings. The number of hydrogen-bond donors (Lipinski definition) is 0. The predicted octanol–water partition coefficient (Wildman–Crippen LogP) is 4.51. The number of fused-ring (bicyclic) bond motifs is 4. The quantitative estimate of drug-likeness (QED) is 0.614. The molecule has 0 radical (unpaired) electrons. The van der Waals surface area contributed by atoms with Crippen LogP contribution >= 0.6 is 7.17 Å². The molecule has 4 rings (SSSR count). The van der Waals surface area contributed by atoms with Crippen molar-refractivity contribution >= 4 is 29.0 Å². The molecule has 1 aliphatic heterocycles. The van der Waals surface area contributed by atoms with E-state index in [9.17, 15) is 0 Å². The highest BCUT2D eigenvalue weighted by molar-refractivity contribution is 7.60. The SMILES string of the molecule is CP1=CC=C2C=1c1cc3ccccc3cc1C2(C)C. The fourth-order valence-electron chi connectivity index (χ4n) is 3.47. The van der Waals surface area contributed by atoms with E-state index in [2.05, 4.69) is 68.8 Å². The largest absolute Gasteiger partial charge is 0.120 e. The normalized spacial score (nSPS) is 21.1. The van der Waals surface area contributed by atoms with Gasteiger partial charge in [-0.25, -0.2) is 0 Å². The lowest BCUT2D eigenvalue weighted by atomic mass is 9.82. The molecule has 0 N–H and O–H groups in total. The molecule has 1 heterocycles. The van der Waals surface area contributed by atoms with Crippen LogP contribution in [-0.2, 0) is 5.41 Å². The summed E-state index contributed by atoms with van der Waals surface area (Å²) in [7, 11) is -0.107. The Morgan fingerprint density at radius 2 is 1.68 bits per heavy atom. The summed E-state index contributed by atoms with van der Waals surface area (Å²) in [5, 5.41) is 4.33. The zero-order chi connectivity index (χ0) is 13.2. The number of hydrogen-bond acceptors (Lipinski definition) is 0. The van der Waals surface area contributed by atoms with Gasteiger partial charge in [0.1, 0.15) is 0 Å². The monoisotopic (exact) mass is 264 g/mol. The number of rotatable bonds is 0. The van der Waals surface area contributed by atoms with Crippen LogP contribution in [0, 0.1) is 0 Å².